The number of anilines is 1. The summed E-state index contributed by atoms with van der Waals surface area (Å²) in [5.74, 6) is 1.34. The van der Waals surface area contributed by atoms with E-state index in [-0.39, 0.29) is 5.56 Å². The van der Waals surface area contributed by atoms with Crippen molar-refractivity contribution >= 4 is 5.95 Å². The van der Waals surface area contributed by atoms with E-state index in [0.717, 1.165) is 41.8 Å². The van der Waals surface area contributed by atoms with Crippen molar-refractivity contribution in [2.75, 3.05) is 12.4 Å². The highest BCUT2D eigenvalue weighted by Gasteiger charge is 2.07. The molecule has 0 aliphatic carbocycles. The third kappa shape index (κ3) is 4.10. The minimum Gasteiger partial charge on any atom is -0.497 e. The van der Waals surface area contributed by atoms with Gasteiger partial charge in [0.05, 0.1) is 7.11 Å². The van der Waals surface area contributed by atoms with Crippen LogP contribution in [-0.2, 0) is 13.0 Å². The maximum absolute atomic E-state index is 12.1. The van der Waals surface area contributed by atoms with Gasteiger partial charge in [0, 0.05) is 17.8 Å². The van der Waals surface area contributed by atoms with Crippen LogP contribution in [0.5, 0.6) is 5.75 Å². The number of nitrogens with one attached hydrogen (secondary N) is 2. The number of aryl methyl sites for hydroxylation is 1. The van der Waals surface area contributed by atoms with Gasteiger partial charge in [-0.3, -0.25) is 9.78 Å². The second-order valence-electron chi connectivity index (χ2n) is 5.28. The molecule has 2 rings (SSSR count). The van der Waals surface area contributed by atoms with E-state index in [0.29, 0.717) is 12.5 Å². The molecule has 0 unspecified atom stereocenters. The normalized spacial score (nSPS) is 10.5. The molecular weight excluding hydrogens is 278 g/mol. The molecule has 5 heteroatoms. The molecule has 0 atom stereocenters. The van der Waals surface area contributed by atoms with E-state index in [1.165, 1.54) is 0 Å². The predicted molar refractivity (Wildman–Crippen MR) is 88.5 cm³/mol. The molecule has 2 aromatic rings. The van der Waals surface area contributed by atoms with E-state index in [9.17, 15) is 4.79 Å². The van der Waals surface area contributed by atoms with Crippen LogP contribution >= 0.6 is 0 Å². The van der Waals surface area contributed by atoms with Gasteiger partial charge in [0.2, 0.25) is 5.95 Å². The molecular formula is C17H23N3O2. The molecule has 0 spiro atoms. The number of hydrogen-bond donors (Lipinski definition) is 2. The monoisotopic (exact) mass is 301 g/mol. The van der Waals surface area contributed by atoms with Crippen molar-refractivity contribution in [3.63, 3.8) is 0 Å². The molecule has 1 aromatic heterocycles. The largest absolute Gasteiger partial charge is 0.497 e. The smallest absolute Gasteiger partial charge is 0.255 e. The molecule has 0 aliphatic rings. The summed E-state index contributed by atoms with van der Waals surface area (Å²) in [7, 11) is 1.64. The first kappa shape index (κ1) is 16.1. The molecule has 0 radical (unpaired) electrons. The maximum Gasteiger partial charge on any atom is 0.255 e. The zero-order valence-corrected chi connectivity index (χ0v) is 13.4. The molecule has 0 fully saturated rings. The van der Waals surface area contributed by atoms with Gasteiger partial charge in [-0.05, 0) is 37.5 Å². The Kier molecular flexibility index (Phi) is 5.58. The van der Waals surface area contributed by atoms with Crippen LogP contribution in [0.2, 0.25) is 0 Å². The summed E-state index contributed by atoms with van der Waals surface area (Å²) >= 11 is 0. The quantitative estimate of drug-likeness (QED) is 0.825. The highest BCUT2D eigenvalue weighted by molar-refractivity contribution is 5.33. The summed E-state index contributed by atoms with van der Waals surface area (Å²) in [4.78, 5) is 19.4. The van der Waals surface area contributed by atoms with Gasteiger partial charge in [-0.25, -0.2) is 4.98 Å². The SMILES string of the molecule is CCCCc1c(C)nc(NCc2ccc(OC)cc2)[nH]c1=O. The summed E-state index contributed by atoms with van der Waals surface area (Å²) in [5.41, 5.74) is 2.64. The van der Waals surface area contributed by atoms with Crippen LogP contribution in [0.25, 0.3) is 0 Å². The van der Waals surface area contributed by atoms with Gasteiger partial charge in [0.15, 0.2) is 0 Å². The third-order valence-electron chi connectivity index (χ3n) is 3.62. The average molecular weight is 301 g/mol. The van der Waals surface area contributed by atoms with Gasteiger partial charge in [0.1, 0.15) is 5.75 Å². The van der Waals surface area contributed by atoms with Crippen LogP contribution in [0.4, 0.5) is 5.95 Å². The van der Waals surface area contributed by atoms with Gasteiger partial charge in [-0.2, -0.15) is 0 Å². The molecule has 1 heterocycles. The van der Waals surface area contributed by atoms with Crippen LogP contribution in [0.3, 0.4) is 0 Å². The second kappa shape index (κ2) is 7.64. The number of ether oxygens (including phenoxy) is 1. The Morgan fingerprint density at radius 1 is 1.27 bits per heavy atom. The van der Waals surface area contributed by atoms with Crippen molar-refractivity contribution in [3.05, 3.63) is 51.4 Å². The first-order chi connectivity index (χ1) is 10.6. The molecule has 2 N–H and O–H groups in total. The van der Waals surface area contributed by atoms with E-state index in [2.05, 4.69) is 22.2 Å². The second-order valence-corrected chi connectivity index (χ2v) is 5.28. The summed E-state index contributed by atoms with van der Waals surface area (Å²) in [6.07, 6.45) is 2.85. The van der Waals surface area contributed by atoms with Gasteiger partial charge in [-0.15, -0.1) is 0 Å². The van der Waals surface area contributed by atoms with Gasteiger partial charge in [-0.1, -0.05) is 25.5 Å². The number of aromatic amines is 1. The number of hydrogen-bond acceptors (Lipinski definition) is 4. The highest BCUT2D eigenvalue weighted by atomic mass is 16.5. The van der Waals surface area contributed by atoms with E-state index >= 15 is 0 Å². The van der Waals surface area contributed by atoms with Crippen molar-refractivity contribution in [1.29, 1.82) is 0 Å². The molecule has 0 bridgehead atoms. The van der Waals surface area contributed by atoms with Gasteiger partial charge >= 0.3 is 0 Å². The number of rotatable bonds is 7. The third-order valence-corrected chi connectivity index (χ3v) is 3.62. The molecule has 1 aromatic carbocycles. The lowest BCUT2D eigenvalue weighted by atomic mass is 10.1. The van der Waals surface area contributed by atoms with Crippen LogP contribution in [0.1, 0.15) is 36.6 Å². The minimum absolute atomic E-state index is 0.0434. The summed E-state index contributed by atoms with van der Waals surface area (Å²) in [6, 6.07) is 7.78. The van der Waals surface area contributed by atoms with E-state index < -0.39 is 0 Å². The molecule has 5 nitrogen and oxygen atoms in total. The van der Waals surface area contributed by atoms with Crippen LogP contribution in [-0.4, -0.2) is 17.1 Å². The lowest BCUT2D eigenvalue weighted by Gasteiger charge is -2.09. The highest BCUT2D eigenvalue weighted by Crippen LogP contribution is 2.12. The van der Waals surface area contributed by atoms with Crippen LogP contribution in [0, 0.1) is 6.92 Å². The number of unbranched alkanes of at least 4 members (excludes halogenated alkanes) is 1. The van der Waals surface area contributed by atoms with Crippen molar-refractivity contribution < 1.29 is 4.74 Å². The Morgan fingerprint density at radius 2 is 2.00 bits per heavy atom. The Hall–Kier alpha value is -2.30. The minimum atomic E-state index is -0.0434. The van der Waals surface area contributed by atoms with Crippen molar-refractivity contribution in [2.24, 2.45) is 0 Å². The zero-order chi connectivity index (χ0) is 15.9. The molecule has 22 heavy (non-hydrogen) atoms. The Bertz CT molecular complexity index is 663. The Morgan fingerprint density at radius 3 is 2.59 bits per heavy atom. The number of benzene rings is 1. The van der Waals surface area contributed by atoms with E-state index in [4.69, 9.17) is 4.74 Å². The zero-order valence-electron chi connectivity index (χ0n) is 13.4. The van der Waals surface area contributed by atoms with Crippen molar-refractivity contribution in [1.82, 2.24) is 9.97 Å². The Balaban J connectivity index is 2.05. The van der Waals surface area contributed by atoms with Crippen molar-refractivity contribution in [2.45, 2.75) is 39.7 Å². The molecule has 0 amide bonds. The fraction of sp³-hybridized carbons (Fsp3) is 0.412. The average Bonchev–Trinajstić information content (AvgIpc) is 2.52. The fourth-order valence-electron chi connectivity index (χ4n) is 2.27. The maximum atomic E-state index is 12.1. The lowest BCUT2D eigenvalue weighted by Crippen LogP contribution is -2.19. The summed E-state index contributed by atoms with van der Waals surface area (Å²) in [6.45, 7) is 4.60. The van der Waals surface area contributed by atoms with E-state index in [1.807, 2.05) is 31.2 Å². The first-order valence-corrected chi connectivity index (χ1v) is 7.60. The van der Waals surface area contributed by atoms with Gasteiger partial charge in [0.25, 0.3) is 5.56 Å². The molecule has 0 saturated heterocycles. The number of methoxy groups -OCH3 is 1. The van der Waals surface area contributed by atoms with Crippen LogP contribution < -0.4 is 15.6 Å². The summed E-state index contributed by atoms with van der Waals surface area (Å²) in [5, 5.41) is 3.16. The molecule has 0 aliphatic heterocycles. The Labute approximate surface area is 130 Å². The van der Waals surface area contributed by atoms with Crippen molar-refractivity contribution in [3.8, 4) is 5.75 Å². The topological polar surface area (TPSA) is 67.0 Å². The van der Waals surface area contributed by atoms with Crippen LogP contribution in [0.15, 0.2) is 29.1 Å². The van der Waals surface area contributed by atoms with Gasteiger partial charge < -0.3 is 10.1 Å². The fourth-order valence-corrected chi connectivity index (χ4v) is 2.27. The standard InChI is InChI=1S/C17H23N3O2/c1-4-5-6-15-12(2)19-17(20-16(15)21)18-11-13-7-9-14(22-3)10-8-13/h7-10H,4-6,11H2,1-3H3,(H2,18,19,20,21). The number of aromatic nitrogens is 2. The molecule has 0 saturated carbocycles. The number of H-pyrrole nitrogens is 1. The first-order valence-electron chi connectivity index (χ1n) is 7.60. The van der Waals surface area contributed by atoms with E-state index in [1.54, 1.807) is 7.11 Å². The number of nitrogens with zero attached hydrogens (tertiary/aromatic N) is 1. The lowest BCUT2D eigenvalue weighted by molar-refractivity contribution is 0.414. The summed E-state index contributed by atoms with van der Waals surface area (Å²) < 4.78 is 5.13. The molecule has 118 valence electrons. The predicted octanol–water partition coefficient (Wildman–Crippen LogP) is 3.04.